The molecule has 0 spiro atoms. The highest BCUT2D eigenvalue weighted by Gasteiger charge is 2.26. The molecule has 0 bridgehead atoms. The van der Waals surface area contributed by atoms with Crippen molar-refractivity contribution in [2.24, 2.45) is 0 Å². The third-order valence-corrected chi connectivity index (χ3v) is 2.95. The number of aromatic nitrogens is 3. The molecule has 5 heteroatoms. The van der Waals surface area contributed by atoms with Crippen LogP contribution in [0.1, 0.15) is 19.7 Å². The van der Waals surface area contributed by atoms with E-state index in [1.54, 1.807) is 7.11 Å². The molecule has 0 aliphatic carbocycles. The van der Waals surface area contributed by atoms with Crippen LogP contribution in [0.3, 0.4) is 0 Å². The predicted molar refractivity (Wildman–Crippen MR) is 65.6 cm³/mol. The third-order valence-electron chi connectivity index (χ3n) is 2.48. The Balaban J connectivity index is 2.56. The Labute approximate surface area is 103 Å². The first kappa shape index (κ1) is 11.5. The summed E-state index contributed by atoms with van der Waals surface area (Å²) >= 11 is 3.45. The second kappa shape index (κ2) is 4.14. The minimum atomic E-state index is -0.158. The first-order valence-corrected chi connectivity index (χ1v) is 5.83. The van der Waals surface area contributed by atoms with Gasteiger partial charge in [-0.3, -0.25) is 4.40 Å². The SMILES string of the molecule is COCC(C)(C)c1nnc2ccc(Br)cn12. The first-order valence-electron chi connectivity index (χ1n) is 5.04. The molecular weight excluding hydrogens is 270 g/mol. The lowest BCUT2D eigenvalue weighted by molar-refractivity contribution is 0.142. The second-order valence-electron chi connectivity index (χ2n) is 4.42. The lowest BCUT2D eigenvalue weighted by Crippen LogP contribution is -2.26. The summed E-state index contributed by atoms with van der Waals surface area (Å²) in [5.74, 6) is 0.908. The zero-order valence-corrected chi connectivity index (χ0v) is 11.2. The van der Waals surface area contributed by atoms with Crippen LogP contribution in [-0.4, -0.2) is 28.3 Å². The van der Waals surface area contributed by atoms with Crippen LogP contribution in [0.5, 0.6) is 0 Å². The highest BCUT2D eigenvalue weighted by atomic mass is 79.9. The van der Waals surface area contributed by atoms with Crippen molar-refractivity contribution in [3.8, 4) is 0 Å². The zero-order chi connectivity index (χ0) is 11.8. The van der Waals surface area contributed by atoms with E-state index in [-0.39, 0.29) is 5.41 Å². The molecule has 0 saturated heterocycles. The van der Waals surface area contributed by atoms with E-state index in [1.165, 1.54) is 0 Å². The summed E-state index contributed by atoms with van der Waals surface area (Å²) in [5.41, 5.74) is 0.692. The predicted octanol–water partition coefficient (Wildman–Crippen LogP) is 2.42. The summed E-state index contributed by atoms with van der Waals surface area (Å²) in [6.07, 6.45) is 1.97. The Hall–Kier alpha value is -0.940. The second-order valence-corrected chi connectivity index (χ2v) is 5.33. The molecule has 0 saturated carbocycles. The summed E-state index contributed by atoms with van der Waals surface area (Å²) in [7, 11) is 1.70. The number of fused-ring (bicyclic) bond motifs is 1. The summed E-state index contributed by atoms with van der Waals surface area (Å²) in [6, 6.07) is 3.89. The van der Waals surface area contributed by atoms with Crippen molar-refractivity contribution < 1.29 is 4.74 Å². The highest BCUT2D eigenvalue weighted by molar-refractivity contribution is 9.10. The fourth-order valence-corrected chi connectivity index (χ4v) is 2.09. The smallest absolute Gasteiger partial charge is 0.160 e. The van der Waals surface area contributed by atoms with Crippen LogP contribution in [0, 0.1) is 0 Å². The van der Waals surface area contributed by atoms with E-state index in [1.807, 2.05) is 22.7 Å². The van der Waals surface area contributed by atoms with E-state index >= 15 is 0 Å². The lowest BCUT2D eigenvalue weighted by Gasteiger charge is -2.21. The number of hydrogen-bond donors (Lipinski definition) is 0. The van der Waals surface area contributed by atoms with Crippen LogP contribution < -0.4 is 0 Å². The fraction of sp³-hybridized carbons (Fsp3) is 0.455. The summed E-state index contributed by atoms with van der Waals surface area (Å²) in [4.78, 5) is 0. The molecule has 0 amide bonds. The number of nitrogens with zero attached hydrogens (tertiary/aromatic N) is 3. The average molecular weight is 284 g/mol. The molecule has 2 heterocycles. The van der Waals surface area contributed by atoms with Gasteiger partial charge in [0.05, 0.1) is 6.61 Å². The van der Waals surface area contributed by atoms with Crippen LogP contribution in [0.2, 0.25) is 0 Å². The summed E-state index contributed by atoms with van der Waals surface area (Å²) < 4.78 is 8.21. The molecule has 0 aromatic carbocycles. The number of pyridine rings is 1. The third kappa shape index (κ3) is 1.97. The van der Waals surface area contributed by atoms with Gasteiger partial charge in [0.2, 0.25) is 0 Å². The van der Waals surface area contributed by atoms with Gasteiger partial charge in [0.15, 0.2) is 5.65 Å². The van der Waals surface area contributed by atoms with Gasteiger partial charge in [-0.1, -0.05) is 13.8 Å². The van der Waals surface area contributed by atoms with E-state index < -0.39 is 0 Å². The van der Waals surface area contributed by atoms with Crippen LogP contribution >= 0.6 is 15.9 Å². The van der Waals surface area contributed by atoms with Crippen LogP contribution in [0.4, 0.5) is 0 Å². The van der Waals surface area contributed by atoms with Crippen molar-refractivity contribution in [3.05, 3.63) is 28.6 Å². The van der Waals surface area contributed by atoms with Crippen LogP contribution in [0.15, 0.2) is 22.8 Å². The monoisotopic (exact) mass is 283 g/mol. The van der Waals surface area contributed by atoms with Crippen molar-refractivity contribution in [2.45, 2.75) is 19.3 Å². The van der Waals surface area contributed by atoms with Crippen molar-refractivity contribution >= 4 is 21.6 Å². The Kier molecular flexibility index (Phi) is 2.99. The van der Waals surface area contributed by atoms with Gasteiger partial charge in [0.25, 0.3) is 0 Å². The van der Waals surface area contributed by atoms with E-state index in [4.69, 9.17) is 4.74 Å². The number of rotatable bonds is 3. The minimum absolute atomic E-state index is 0.158. The molecule has 0 atom stereocenters. The van der Waals surface area contributed by atoms with Gasteiger partial charge < -0.3 is 4.74 Å². The number of ether oxygens (including phenoxy) is 1. The largest absolute Gasteiger partial charge is 0.384 e. The Morgan fingerprint density at radius 2 is 2.12 bits per heavy atom. The van der Waals surface area contributed by atoms with Gasteiger partial charge in [-0.05, 0) is 28.1 Å². The van der Waals surface area contributed by atoms with Gasteiger partial charge in [0, 0.05) is 23.2 Å². The molecule has 0 unspecified atom stereocenters. The fourth-order valence-electron chi connectivity index (χ4n) is 1.75. The molecule has 2 aromatic heterocycles. The molecule has 2 aromatic rings. The highest BCUT2D eigenvalue weighted by Crippen LogP contribution is 2.23. The normalized spacial score (nSPS) is 12.2. The number of methoxy groups -OCH3 is 1. The number of halogens is 1. The topological polar surface area (TPSA) is 39.4 Å². The maximum Gasteiger partial charge on any atom is 0.160 e. The van der Waals surface area contributed by atoms with Crippen molar-refractivity contribution in [2.75, 3.05) is 13.7 Å². The van der Waals surface area contributed by atoms with Crippen molar-refractivity contribution in [1.29, 1.82) is 0 Å². The zero-order valence-electron chi connectivity index (χ0n) is 9.57. The van der Waals surface area contributed by atoms with Gasteiger partial charge in [0.1, 0.15) is 5.82 Å². The minimum Gasteiger partial charge on any atom is -0.384 e. The summed E-state index contributed by atoms with van der Waals surface area (Å²) in [6.45, 7) is 4.79. The quantitative estimate of drug-likeness (QED) is 0.869. The average Bonchev–Trinajstić information content (AvgIpc) is 2.60. The molecule has 0 aliphatic heterocycles. The maximum atomic E-state index is 5.22. The molecular formula is C11H14BrN3O. The molecule has 0 radical (unpaired) electrons. The van der Waals surface area contributed by atoms with Gasteiger partial charge in [-0.2, -0.15) is 0 Å². The van der Waals surface area contributed by atoms with E-state index in [0.717, 1.165) is 15.9 Å². The van der Waals surface area contributed by atoms with E-state index in [2.05, 4.69) is 40.0 Å². The number of hydrogen-bond acceptors (Lipinski definition) is 3. The molecule has 2 rings (SSSR count). The van der Waals surface area contributed by atoms with Crippen LogP contribution in [-0.2, 0) is 10.2 Å². The lowest BCUT2D eigenvalue weighted by atomic mass is 9.94. The Bertz CT molecular complexity index is 507. The molecule has 16 heavy (non-hydrogen) atoms. The van der Waals surface area contributed by atoms with E-state index in [0.29, 0.717) is 6.61 Å². The molecule has 4 nitrogen and oxygen atoms in total. The maximum absolute atomic E-state index is 5.22. The first-order chi connectivity index (χ1) is 7.54. The molecule has 0 N–H and O–H groups in total. The van der Waals surface area contributed by atoms with Crippen LogP contribution in [0.25, 0.3) is 5.65 Å². The van der Waals surface area contributed by atoms with Gasteiger partial charge in [-0.15, -0.1) is 10.2 Å². The molecule has 0 fully saturated rings. The summed E-state index contributed by atoms with van der Waals surface area (Å²) in [5, 5.41) is 8.38. The standard InChI is InChI=1S/C11H14BrN3O/c1-11(2,7-16-3)10-14-13-9-5-4-8(12)6-15(9)10/h4-6H,7H2,1-3H3. The Morgan fingerprint density at radius 1 is 1.38 bits per heavy atom. The van der Waals surface area contributed by atoms with Gasteiger partial charge in [-0.25, -0.2) is 0 Å². The van der Waals surface area contributed by atoms with Gasteiger partial charge >= 0.3 is 0 Å². The molecule has 86 valence electrons. The Morgan fingerprint density at radius 3 is 2.81 bits per heavy atom. The molecule has 0 aliphatic rings. The van der Waals surface area contributed by atoms with Crippen molar-refractivity contribution in [3.63, 3.8) is 0 Å². The van der Waals surface area contributed by atoms with E-state index in [9.17, 15) is 0 Å². The van der Waals surface area contributed by atoms with Crippen molar-refractivity contribution in [1.82, 2.24) is 14.6 Å².